The van der Waals surface area contributed by atoms with Crippen LogP contribution in [-0.2, 0) is 5.88 Å². The van der Waals surface area contributed by atoms with Crippen LogP contribution in [0.3, 0.4) is 0 Å². The van der Waals surface area contributed by atoms with Crippen LogP contribution in [-0.4, -0.2) is 4.98 Å². The first-order valence-corrected chi connectivity index (χ1v) is 3.78. The fourth-order valence-corrected chi connectivity index (χ4v) is 0.993. The van der Waals surface area contributed by atoms with E-state index in [0.29, 0.717) is 6.07 Å². The van der Waals surface area contributed by atoms with Crippen LogP contribution < -0.4 is 0 Å². The van der Waals surface area contributed by atoms with E-state index in [1.807, 2.05) is 0 Å². The zero-order valence-corrected chi connectivity index (χ0v) is 6.95. The standard InChI is InChI=1S/C7H4ClF4N/c8-2-4-6(10)3(7(11)12)1-5(9)13-4/h1,7H,2H2. The highest BCUT2D eigenvalue weighted by molar-refractivity contribution is 6.16. The predicted octanol–water partition coefficient (Wildman–Crippen LogP) is 3.04. The molecule has 0 aliphatic carbocycles. The van der Waals surface area contributed by atoms with Gasteiger partial charge >= 0.3 is 0 Å². The molecule has 0 radical (unpaired) electrons. The van der Waals surface area contributed by atoms with Gasteiger partial charge < -0.3 is 0 Å². The van der Waals surface area contributed by atoms with Crippen LogP contribution in [0.4, 0.5) is 17.6 Å². The average Bonchev–Trinajstić information content (AvgIpc) is 2.08. The molecule has 0 saturated carbocycles. The molecule has 0 unspecified atom stereocenters. The van der Waals surface area contributed by atoms with E-state index in [0.717, 1.165) is 0 Å². The second kappa shape index (κ2) is 3.91. The van der Waals surface area contributed by atoms with Crippen LogP contribution in [0.1, 0.15) is 17.7 Å². The van der Waals surface area contributed by atoms with Gasteiger partial charge in [-0.15, -0.1) is 11.6 Å². The molecule has 0 N–H and O–H groups in total. The van der Waals surface area contributed by atoms with Crippen molar-refractivity contribution in [1.82, 2.24) is 4.98 Å². The van der Waals surface area contributed by atoms with E-state index in [9.17, 15) is 17.6 Å². The van der Waals surface area contributed by atoms with Crippen LogP contribution in [0.5, 0.6) is 0 Å². The molecule has 1 heterocycles. The largest absolute Gasteiger partial charge is 0.266 e. The number of hydrogen-bond acceptors (Lipinski definition) is 1. The van der Waals surface area contributed by atoms with Crippen molar-refractivity contribution in [3.8, 4) is 0 Å². The second-order valence-corrected chi connectivity index (χ2v) is 2.50. The Labute approximate surface area is 76.3 Å². The van der Waals surface area contributed by atoms with Gasteiger partial charge in [-0.2, -0.15) is 4.39 Å². The van der Waals surface area contributed by atoms with Crippen molar-refractivity contribution in [1.29, 1.82) is 0 Å². The van der Waals surface area contributed by atoms with Gasteiger partial charge in [0.05, 0.1) is 17.1 Å². The smallest absolute Gasteiger partial charge is 0.220 e. The van der Waals surface area contributed by atoms with Crippen molar-refractivity contribution in [2.75, 3.05) is 0 Å². The van der Waals surface area contributed by atoms with E-state index in [1.54, 1.807) is 0 Å². The molecule has 0 saturated heterocycles. The van der Waals surface area contributed by atoms with Crippen molar-refractivity contribution in [3.63, 3.8) is 0 Å². The monoisotopic (exact) mass is 213 g/mol. The van der Waals surface area contributed by atoms with Crippen LogP contribution in [0.25, 0.3) is 0 Å². The summed E-state index contributed by atoms with van der Waals surface area (Å²) in [4.78, 5) is 3.03. The fraction of sp³-hybridized carbons (Fsp3) is 0.286. The van der Waals surface area contributed by atoms with Gasteiger partial charge in [0.15, 0.2) is 5.82 Å². The molecule has 0 bridgehead atoms. The van der Waals surface area contributed by atoms with Crippen molar-refractivity contribution in [3.05, 3.63) is 29.1 Å². The summed E-state index contributed by atoms with van der Waals surface area (Å²) in [6.07, 6.45) is -3.07. The maximum Gasteiger partial charge on any atom is 0.266 e. The quantitative estimate of drug-likeness (QED) is 0.418. The summed E-state index contributed by atoms with van der Waals surface area (Å²) in [7, 11) is 0. The van der Waals surface area contributed by atoms with E-state index in [2.05, 4.69) is 4.98 Å². The van der Waals surface area contributed by atoms with Crippen LogP contribution in [0.15, 0.2) is 6.07 Å². The highest BCUT2D eigenvalue weighted by Gasteiger charge is 2.18. The summed E-state index contributed by atoms with van der Waals surface area (Å²) >= 11 is 5.17. The molecule has 72 valence electrons. The molecular weight excluding hydrogens is 210 g/mol. The zero-order chi connectivity index (χ0) is 10.0. The number of nitrogens with zero attached hydrogens (tertiary/aromatic N) is 1. The van der Waals surface area contributed by atoms with Gasteiger partial charge in [0.1, 0.15) is 0 Å². The third-order valence-electron chi connectivity index (χ3n) is 1.38. The Kier molecular flexibility index (Phi) is 3.08. The van der Waals surface area contributed by atoms with Crippen molar-refractivity contribution in [2.45, 2.75) is 12.3 Å². The molecule has 1 rings (SSSR count). The molecule has 0 spiro atoms. The van der Waals surface area contributed by atoms with Gasteiger partial charge in [-0.25, -0.2) is 18.2 Å². The number of hydrogen-bond donors (Lipinski definition) is 0. The number of rotatable bonds is 2. The maximum absolute atomic E-state index is 12.9. The molecule has 13 heavy (non-hydrogen) atoms. The molecule has 0 atom stereocenters. The predicted molar refractivity (Wildman–Crippen MR) is 38.7 cm³/mol. The topological polar surface area (TPSA) is 12.9 Å². The average molecular weight is 214 g/mol. The Bertz CT molecular complexity index is 316. The molecule has 1 aromatic heterocycles. The van der Waals surface area contributed by atoms with Crippen LogP contribution >= 0.6 is 11.6 Å². The number of halogens is 5. The molecule has 6 heteroatoms. The third-order valence-corrected chi connectivity index (χ3v) is 1.64. The van der Waals surface area contributed by atoms with Gasteiger partial charge in [0.25, 0.3) is 6.43 Å². The Morgan fingerprint density at radius 2 is 2.00 bits per heavy atom. The van der Waals surface area contributed by atoms with Crippen molar-refractivity contribution >= 4 is 11.6 Å². The van der Waals surface area contributed by atoms with E-state index in [4.69, 9.17) is 11.6 Å². The molecule has 1 nitrogen and oxygen atoms in total. The van der Waals surface area contributed by atoms with E-state index in [-0.39, 0.29) is 0 Å². The molecule has 0 fully saturated rings. The minimum atomic E-state index is -3.07. The summed E-state index contributed by atoms with van der Waals surface area (Å²) in [6.45, 7) is 0. The van der Waals surface area contributed by atoms with E-state index >= 15 is 0 Å². The lowest BCUT2D eigenvalue weighted by molar-refractivity contribution is 0.145. The van der Waals surface area contributed by atoms with Gasteiger partial charge in [-0.1, -0.05) is 0 Å². The van der Waals surface area contributed by atoms with E-state index < -0.39 is 35.3 Å². The molecular formula is C7H4ClF4N. The normalized spacial score (nSPS) is 10.9. The Balaban J connectivity index is 3.27. The first-order chi connectivity index (χ1) is 6.06. The van der Waals surface area contributed by atoms with Gasteiger partial charge in [-0.3, -0.25) is 0 Å². The highest BCUT2D eigenvalue weighted by Crippen LogP contribution is 2.24. The lowest BCUT2D eigenvalue weighted by atomic mass is 10.2. The number of alkyl halides is 3. The molecule has 1 aromatic rings. The summed E-state index contributed by atoms with van der Waals surface area (Å²) in [6, 6.07) is 0.357. The van der Waals surface area contributed by atoms with Gasteiger partial charge in [0.2, 0.25) is 5.95 Å². The molecule has 0 aliphatic rings. The summed E-state index contributed by atoms with van der Waals surface area (Å²) < 4.78 is 49.5. The van der Waals surface area contributed by atoms with E-state index in [1.165, 1.54) is 0 Å². The minimum absolute atomic E-state index is 0.357. The maximum atomic E-state index is 12.9. The SMILES string of the molecule is Fc1cc(C(F)F)c(F)c(CCl)n1. The lowest BCUT2D eigenvalue weighted by Gasteiger charge is -2.04. The summed E-state index contributed by atoms with van der Waals surface area (Å²) in [5.74, 6) is -2.85. The third kappa shape index (κ3) is 2.09. The first kappa shape index (κ1) is 10.2. The highest BCUT2D eigenvalue weighted by atomic mass is 35.5. The number of aromatic nitrogens is 1. The fourth-order valence-electron chi connectivity index (χ4n) is 0.816. The summed E-state index contributed by atoms with van der Waals surface area (Å²) in [5, 5.41) is 0. The summed E-state index contributed by atoms with van der Waals surface area (Å²) in [5.41, 5.74) is -1.51. The Hall–Kier alpha value is -0.840. The lowest BCUT2D eigenvalue weighted by Crippen LogP contribution is -2.01. The number of pyridine rings is 1. The Morgan fingerprint density at radius 1 is 1.38 bits per heavy atom. The van der Waals surface area contributed by atoms with Gasteiger partial charge in [-0.05, 0) is 0 Å². The van der Waals surface area contributed by atoms with Crippen LogP contribution in [0.2, 0.25) is 0 Å². The Morgan fingerprint density at radius 3 is 2.46 bits per heavy atom. The van der Waals surface area contributed by atoms with Crippen molar-refractivity contribution in [2.24, 2.45) is 0 Å². The molecule has 0 amide bonds. The molecule has 0 aliphatic heterocycles. The zero-order valence-electron chi connectivity index (χ0n) is 6.20. The minimum Gasteiger partial charge on any atom is -0.220 e. The second-order valence-electron chi connectivity index (χ2n) is 2.23. The first-order valence-electron chi connectivity index (χ1n) is 3.25. The van der Waals surface area contributed by atoms with Crippen molar-refractivity contribution < 1.29 is 17.6 Å². The molecule has 0 aromatic carbocycles. The van der Waals surface area contributed by atoms with Crippen LogP contribution in [0, 0.1) is 11.8 Å². The van der Waals surface area contributed by atoms with Gasteiger partial charge in [0, 0.05) is 6.07 Å².